The molecule has 0 aliphatic rings. The van der Waals surface area contributed by atoms with Crippen LogP contribution in [0.3, 0.4) is 0 Å². The first-order valence-electron chi connectivity index (χ1n) is 12.2. The Kier molecular flexibility index (Phi) is 8.08. The van der Waals surface area contributed by atoms with Crippen molar-refractivity contribution < 1.29 is 14.3 Å². The summed E-state index contributed by atoms with van der Waals surface area (Å²) in [6.45, 7) is 2.15. The number of hydrogen-bond acceptors (Lipinski definition) is 5. The number of benzene rings is 3. The number of carbonyl (C=O) groups excluding carboxylic acids is 1. The predicted octanol–water partition coefficient (Wildman–Crippen LogP) is 3.70. The molecule has 0 saturated heterocycles. The van der Waals surface area contributed by atoms with Crippen LogP contribution in [0.5, 0.6) is 11.5 Å². The maximum atomic E-state index is 13.1. The van der Waals surface area contributed by atoms with Crippen molar-refractivity contribution in [1.82, 2.24) is 14.9 Å². The number of H-pyrrole nitrogens is 1. The summed E-state index contributed by atoms with van der Waals surface area (Å²) in [4.78, 5) is 41.4. The van der Waals surface area contributed by atoms with Gasteiger partial charge in [0.15, 0.2) is 11.5 Å². The second-order valence-corrected chi connectivity index (χ2v) is 8.99. The fourth-order valence-electron chi connectivity index (χ4n) is 4.28. The van der Waals surface area contributed by atoms with E-state index >= 15 is 0 Å². The molecular formula is C29H31N3O5. The van der Waals surface area contributed by atoms with E-state index in [9.17, 15) is 14.4 Å². The number of hydrogen-bond donors (Lipinski definition) is 2. The molecule has 4 rings (SSSR count). The Morgan fingerprint density at radius 2 is 1.68 bits per heavy atom. The lowest BCUT2D eigenvalue weighted by atomic mass is 10.1. The summed E-state index contributed by atoms with van der Waals surface area (Å²) in [5.74, 6) is 0.943. The van der Waals surface area contributed by atoms with Gasteiger partial charge >= 0.3 is 5.69 Å². The van der Waals surface area contributed by atoms with E-state index in [1.807, 2.05) is 37.3 Å². The molecule has 37 heavy (non-hydrogen) atoms. The number of fused-ring (bicyclic) bond motifs is 1. The second kappa shape index (κ2) is 11.6. The van der Waals surface area contributed by atoms with E-state index in [1.54, 1.807) is 38.5 Å². The predicted molar refractivity (Wildman–Crippen MR) is 144 cm³/mol. The third-order valence-corrected chi connectivity index (χ3v) is 6.40. The highest BCUT2D eigenvalue weighted by Gasteiger charge is 2.14. The van der Waals surface area contributed by atoms with E-state index < -0.39 is 11.2 Å². The Balaban J connectivity index is 1.46. The molecule has 192 valence electrons. The summed E-state index contributed by atoms with van der Waals surface area (Å²) in [7, 11) is 3.12. The molecule has 1 amide bonds. The van der Waals surface area contributed by atoms with E-state index in [1.165, 1.54) is 10.1 Å². The zero-order valence-corrected chi connectivity index (χ0v) is 21.2. The molecular weight excluding hydrogens is 470 g/mol. The van der Waals surface area contributed by atoms with Gasteiger partial charge < -0.3 is 19.8 Å². The van der Waals surface area contributed by atoms with E-state index in [0.717, 1.165) is 18.4 Å². The van der Waals surface area contributed by atoms with Crippen LogP contribution in [0.4, 0.5) is 0 Å². The smallest absolute Gasteiger partial charge is 0.328 e. The Bertz CT molecular complexity index is 1510. The highest BCUT2D eigenvalue weighted by Crippen LogP contribution is 2.27. The number of nitrogens with zero attached hydrogens (tertiary/aromatic N) is 1. The van der Waals surface area contributed by atoms with Gasteiger partial charge in [-0.2, -0.15) is 0 Å². The van der Waals surface area contributed by atoms with Crippen LogP contribution in [0.15, 0.2) is 76.3 Å². The molecule has 1 atom stereocenters. The van der Waals surface area contributed by atoms with E-state index in [0.29, 0.717) is 34.4 Å². The summed E-state index contributed by atoms with van der Waals surface area (Å²) in [6, 6.07) is 20.3. The summed E-state index contributed by atoms with van der Waals surface area (Å²) in [5.41, 5.74) is 1.92. The van der Waals surface area contributed by atoms with E-state index in [-0.39, 0.29) is 18.5 Å². The van der Waals surface area contributed by atoms with Gasteiger partial charge in [0.25, 0.3) is 11.5 Å². The molecule has 3 aromatic carbocycles. The minimum absolute atomic E-state index is 0.0352. The zero-order valence-electron chi connectivity index (χ0n) is 21.2. The number of aromatic nitrogens is 2. The molecule has 0 aliphatic carbocycles. The summed E-state index contributed by atoms with van der Waals surface area (Å²) in [5, 5.41) is 3.34. The molecule has 0 unspecified atom stereocenters. The van der Waals surface area contributed by atoms with Gasteiger partial charge in [-0.25, -0.2) is 4.79 Å². The van der Waals surface area contributed by atoms with Crippen molar-refractivity contribution in [2.24, 2.45) is 0 Å². The topological polar surface area (TPSA) is 102 Å². The minimum atomic E-state index is -0.522. The molecule has 0 radical (unpaired) electrons. The first kappa shape index (κ1) is 25.8. The average molecular weight is 502 g/mol. The van der Waals surface area contributed by atoms with Crippen LogP contribution in [-0.4, -0.2) is 35.7 Å². The quantitative estimate of drug-likeness (QED) is 0.345. The van der Waals surface area contributed by atoms with Crippen LogP contribution in [0.25, 0.3) is 10.9 Å². The number of carbonyl (C=O) groups is 1. The third-order valence-electron chi connectivity index (χ3n) is 6.40. The van der Waals surface area contributed by atoms with Gasteiger partial charge in [-0.3, -0.25) is 14.2 Å². The Morgan fingerprint density at radius 3 is 2.41 bits per heavy atom. The molecule has 8 nitrogen and oxygen atoms in total. The molecule has 0 spiro atoms. The first-order valence-corrected chi connectivity index (χ1v) is 12.2. The molecule has 2 N–H and O–H groups in total. The summed E-state index contributed by atoms with van der Waals surface area (Å²) < 4.78 is 11.8. The second-order valence-electron chi connectivity index (χ2n) is 8.99. The number of nitrogens with one attached hydrogen (secondary N) is 2. The highest BCUT2D eigenvalue weighted by molar-refractivity contribution is 5.97. The molecule has 1 heterocycles. The monoisotopic (exact) mass is 501 g/mol. The Hall–Kier alpha value is -4.33. The van der Waals surface area contributed by atoms with Crippen molar-refractivity contribution in [2.45, 2.75) is 38.8 Å². The van der Waals surface area contributed by atoms with Crippen LogP contribution in [0.2, 0.25) is 0 Å². The van der Waals surface area contributed by atoms with Gasteiger partial charge in [0, 0.05) is 18.2 Å². The van der Waals surface area contributed by atoms with Crippen molar-refractivity contribution in [2.75, 3.05) is 14.2 Å². The number of ether oxygens (including phenoxy) is 2. The van der Waals surface area contributed by atoms with Crippen LogP contribution in [0, 0.1) is 0 Å². The first-order chi connectivity index (χ1) is 17.9. The lowest BCUT2D eigenvalue weighted by molar-refractivity contribution is 0.0938. The van der Waals surface area contributed by atoms with E-state index in [2.05, 4.69) is 22.4 Å². The normalized spacial score (nSPS) is 11.8. The standard InChI is InChI=1S/C29H31N3O5/c1-19(9-10-20-7-5-4-6-8-20)30-27(33)22-12-13-23-24(18-22)31-29(35)32(28(23)34)16-15-21-11-14-25(36-2)26(17-21)37-3/h4-8,11-14,17-19H,9-10,15-16H2,1-3H3,(H,30,33)(H,31,35)/t19-/m1/s1. The summed E-state index contributed by atoms with van der Waals surface area (Å²) in [6.07, 6.45) is 2.11. The van der Waals surface area contributed by atoms with Gasteiger partial charge in [-0.05, 0) is 67.6 Å². The van der Waals surface area contributed by atoms with E-state index in [4.69, 9.17) is 9.47 Å². The number of amides is 1. The molecule has 0 saturated carbocycles. The molecule has 0 aliphatic heterocycles. The fourth-order valence-corrected chi connectivity index (χ4v) is 4.28. The Labute approximate surface area is 214 Å². The molecule has 0 fully saturated rings. The van der Waals surface area contributed by atoms with Crippen molar-refractivity contribution in [3.8, 4) is 11.5 Å². The van der Waals surface area contributed by atoms with Gasteiger partial charge in [0.1, 0.15) is 0 Å². The maximum Gasteiger partial charge on any atom is 0.328 e. The third kappa shape index (κ3) is 6.09. The van der Waals surface area contributed by atoms with Crippen molar-refractivity contribution in [1.29, 1.82) is 0 Å². The lowest BCUT2D eigenvalue weighted by Crippen LogP contribution is -2.36. The number of aromatic amines is 1. The van der Waals surface area contributed by atoms with Gasteiger partial charge in [-0.15, -0.1) is 0 Å². The van der Waals surface area contributed by atoms with Gasteiger partial charge in [-0.1, -0.05) is 36.4 Å². The van der Waals surface area contributed by atoms with Crippen LogP contribution >= 0.6 is 0 Å². The number of aryl methyl sites for hydroxylation is 2. The largest absolute Gasteiger partial charge is 0.493 e. The van der Waals surface area contributed by atoms with Gasteiger partial charge in [0.2, 0.25) is 0 Å². The number of methoxy groups -OCH3 is 2. The summed E-state index contributed by atoms with van der Waals surface area (Å²) >= 11 is 0. The molecule has 0 bridgehead atoms. The van der Waals surface area contributed by atoms with Crippen LogP contribution in [-0.2, 0) is 19.4 Å². The highest BCUT2D eigenvalue weighted by atomic mass is 16.5. The van der Waals surface area contributed by atoms with Crippen LogP contribution in [0.1, 0.15) is 34.8 Å². The molecule has 4 aromatic rings. The van der Waals surface area contributed by atoms with Crippen molar-refractivity contribution >= 4 is 16.8 Å². The number of rotatable bonds is 10. The average Bonchev–Trinajstić information content (AvgIpc) is 2.91. The van der Waals surface area contributed by atoms with Crippen molar-refractivity contribution in [3.05, 3.63) is 104 Å². The fraction of sp³-hybridized carbons (Fsp3) is 0.276. The molecule has 1 aromatic heterocycles. The minimum Gasteiger partial charge on any atom is -0.493 e. The Morgan fingerprint density at radius 1 is 0.919 bits per heavy atom. The van der Waals surface area contributed by atoms with Gasteiger partial charge in [0.05, 0.1) is 25.1 Å². The lowest BCUT2D eigenvalue weighted by Gasteiger charge is -2.14. The van der Waals surface area contributed by atoms with Crippen molar-refractivity contribution in [3.63, 3.8) is 0 Å². The molecule has 8 heteroatoms. The SMILES string of the molecule is COc1ccc(CCn2c(=O)[nH]c3cc(C(=O)N[C@H](C)CCc4ccccc4)ccc3c2=O)cc1OC. The zero-order chi connectivity index (χ0) is 26.4. The van der Waals surface area contributed by atoms with Crippen LogP contribution < -0.4 is 26.0 Å². The maximum absolute atomic E-state index is 13.1.